The summed E-state index contributed by atoms with van der Waals surface area (Å²) in [6.07, 6.45) is 0. The Balaban J connectivity index is 2.34. The van der Waals surface area contributed by atoms with Crippen molar-refractivity contribution in [2.45, 2.75) is 6.92 Å². The zero-order valence-electron chi connectivity index (χ0n) is 12.2. The molecule has 0 unspecified atom stereocenters. The highest BCUT2D eigenvalue weighted by Crippen LogP contribution is 2.38. The second kappa shape index (κ2) is 7.02. The zero-order valence-corrected chi connectivity index (χ0v) is 13.9. The molecule has 0 amide bonds. The lowest BCUT2D eigenvalue weighted by Crippen LogP contribution is -2.18. The van der Waals surface area contributed by atoms with Crippen LogP contribution in [-0.2, 0) is 11.8 Å². The van der Waals surface area contributed by atoms with Crippen molar-refractivity contribution < 1.29 is 19.1 Å². The van der Waals surface area contributed by atoms with Crippen molar-refractivity contribution in [3.05, 3.63) is 65.2 Å². The average Bonchev–Trinajstić information content (AvgIpc) is 2.47. The fraction of sp³-hybridized carbons (Fsp3) is 0.0667. The molecule has 0 radical (unpaired) electrons. The molecule has 0 bridgehead atoms. The van der Waals surface area contributed by atoms with Crippen LogP contribution in [0.3, 0.4) is 0 Å². The second-order valence-electron chi connectivity index (χ2n) is 4.78. The third-order valence-corrected chi connectivity index (χ3v) is 3.66. The lowest BCUT2D eigenvalue weighted by molar-refractivity contribution is 0.106. The Kier molecular flexibility index (Phi) is 5.28. The van der Waals surface area contributed by atoms with E-state index in [9.17, 15) is 14.6 Å². The van der Waals surface area contributed by atoms with Gasteiger partial charge in [0.05, 0.1) is 0 Å². The van der Waals surface area contributed by atoms with Crippen LogP contribution < -0.4 is 10.4 Å². The number of nitrogens with zero attached hydrogens (tertiary/aromatic N) is 1. The average molecular weight is 350 g/mol. The molecule has 120 valence electrons. The normalized spacial score (nSPS) is 12.0. The smallest absolute Gasteiger partial charge is 0.375 e. The maximum Gasteiger partial charge on any atom is 0.375 e. The van der Waals surface area contributed by atoms with Crippen molar-refractivity contribution in [2.24, 2.45) is 10.9 Å². The summed E-state index contributed by atoms with van der Waals surface area (Å²) in [6.45, 7) is -1.94. The molecule has 0 fully saturated rings. The Morgan fingerprint density at radius 1 is 1.17 bits per heavy atom. The van der Waals surface area contributed by atoms with Gasteiger partial charge in [0, 0.05) is 22.9 Å². The van der Waals surface area contributed by atoms with E-state index in [2.05, 4.69) is 16.9 Å². The van der Waals surface area contributed by atoms with E-state index in [1.165, 1.54) is 12.1 Å². The first-order chi connectivity index (χ1) is 10.8. The van der Waals surface area contributed by atoms with E-state index in [-0.39, 0.29) is 17.2 Å². The molecule has 4 N–H and O–H groups in total. The number of rotatable bonds is 5. The minimum Gasteiger partial charge on any atom is -0.424 e. The van der Waals surface area contributed by atoms with Crippen LogP contribution in [0.15, 0.2) is 53.6 Å². The van der Waals surface area contributed by atoms with Crippen LogP contribution in [0.5, 0.6) is 5.75 Å². The molecule has 0 aromatic heterocycles. The molecule has 2 aromatic rings. The quantitative estimate of drug-likeness (QED) is 0.251. The second-order valence-corrected chi connectivity index (χ2v) is 7.37. The molecule has 8 heteroatoms. The summed E-state index contributed by atoms with van der Waals surface area (Å²) in [5, 5.41) is 3.56. The Morgan fingerprint density at radius 3 is 2.39 bits per heavy atom. The van der Waals surface area contributed by atoms with Gasteiger partial charge in [0.2, 0.25) is 5.78 Å². The minimum atomic E-state index is -3.86. The van der Waals surface area contributed by atoms with Crippen LogP contribution in [0.1, 0.15) is 21.5 Å². The number of hydrogen-bond acceptors (Lipinski definition) is 5. The third kappa shape index (κ3) is 4.71. The standard InChI is InChI=1S/C15H15N2O4PS/c1-10-5-7-11(8-6-10)15(18)14(17-16)12-3-2-4-13(9-12)21-22(19,20)23/h2-9H,16H2,1H3,(H2,19,20,23)/b17-14+. The van der Waals surface area contributed by atoms with E-state index in [4.69, 9.17) is 10.4 Å². The summed E-state index contributed by atoms with van der Waals surface area (Å²) in [7, 11) is 0. The van der Waals surface area contributed by atoms with E-state index in [1.807, 2.05) is 19.1 Å². The van der Waals surface area contributed by atoms with Gasteiger partial charge in [-0.25, -0.2) is 0 Å². The van der Waals surface area contributed by atoms with Gasteiger partial charge >= 0.3 is 6.72 Å². The number of hydrazone groups is 1. The van der Waals surface area contributed by atoms with Gasteiger partial charge < -0.3 is 20.2 Å². The van der Waals surface area contributed by atoms with Gasteiger partial charge in [-0.15, -0.1) is 0 Å². The van der Waals surface area contributed by atoms with Crippen molar-refractivity contribution in [3.8, 4) is 5.75 Å². The molecule has 2 rings (SSSR count). The van der Waals surface area contributed by atoms with Crippen molar-refractivity contribution in [2.75, 3.05) is 0 Å². The number of nitrogens with two attached hydrogens (primary N) is 1. The molecule has 0 saturated heterocycles. The number of Topliss-reactive ketones (excluding diaryl/α,β-unsaturated/α-hetero) is 1. The largest absolute Gasteiger partial charge is 0.424 e. The highest BCUT2D eigenvalue weighted by atomic mass is 32.5. The molecule has 6 nitrogen and oxygen atoms in total. The summed E-state index contributed by atoms with van der Waals surface area (Å²) in [5.74, 6) is 5.13. The summed E-state index contributed by atoms with van der Waals surface area (Å²) in [4.78, 5) is 30.9. The zero-order chi connectivity index (χ0) is 17.0. The highest BCUT2D eigenvalue weighted by Gasteiger charge is 2.18. The van der Waals surface area contributed by atoms with E-state index < -0.39 is 6.72 Å². The first kappa shape index (κ1) is 17.3. The number of ketones is 1. The minimum absolute atomic E-state index is 0.0310. The Bertz CT molecular complexity index is 799. The van der Waals surface area contributed by atoms with E-state index in [0.717, 1.165) is 5.56 Å². The maximum absolute atomic E-state index is 12.5. The van der Waals surface area contributed by atoms with Crippen LogP contribution in [0.2, 0.25) is 0 Å². The number of aryl methyl sites for hydroxylation is 1. The van der Waals surface area contributed by atoms with Crippen molar-refractivity contribution in [1.29, 1.82) is 0 Å². The summed E-state index contributed by atoms with van der Waals surface area (Å²) >= 11 is 4.42. The Labute approximate surface area is 138 Å². The molecule has 0 heterocycles. The molecule has 0 aliphatic rings. The molecule has 0 saturated carbocycles. The first-order valence-electron chi connectivity index (χ1n) is 6.55. The van der Waals surface area contributed by atoms with Crippen LogP contribution in [0.25, 0.3) is 0 Å². The first-order valence-corrected chi connectivity index (χ1v) is 9.17. The van der Waals surface area contributed by atoms with Crippen LogP contribution >= 0.6 is 6.72 Å². The summed E-state index contributed by atoms with van der Waals surface area (Å²) < 4.78 is 4.87. The molecule has 0 spiro atoms. The van der Waals surface area contributed by atoms with Gasteiger partial charge in [-0.2, -0.15) is 5.10 Å². The Morgan fingerprint density at radius 2 is 1.83 bits per heavy atom. The topological polar surface area (TPSA) is 105 Å². The highest BCUT2D eigenvalue weighted by molar-refractivity contribution is 8.06. The van der Waals surface area contributed by atoms with Gasteiger partial charge in [-0.1, -0.05) is 42.0 Å². The molecule has 23 heavy (non-hydrogen) atoms. The van der Waals surface area contributed by atoms with Crippen LogP contribution in [0, 0.1) is 6.92 Å². The predicted molar refractivity (Wildman–Crippen MR) is 92.0 cm³/mol. The molecular formula is C15H15N2O4PS. The third-order valence-electron chi connectivity index (χ3n) is 2.99. The van der Waals surface area contributed by atoms with Crippen molar-refractivity contribution in [1.82, 2.24) is 0 Å². The number of carbonyl (C=O) groups is 1. The van der Waals surface area contributed by atoms with Gasteiger partial charge in [0.15, 0.2) is 0 Å². The lowest BCUT2D eigenvalue weighted by atomic mass is 10.00. The molecule has 0 aliphatic carbocycles. The van der Waals surface area contributed by atoms with Crippen LogP contribution in [0.4, 0.5) is 0 Å². The van der Waals surface area contributed by atoms with E-state index in [0.29, 0.717) is 11.1 Å². The van der Waals surface area contributed by atoms with Gasteiger partial charge in [0.1, 0.15) is 11.5 Å². The monoisotopic (exact) mass is 350 g/mol. The van der Waals surface area contributed by atoms with Crippen LogP contribution in [-0.4, -0.2) is 21.3 Å². The lowest BCUT2D eigenvalue weighted by Gasteiger charge is -2.11. The molecule has 0 aliphatic heterocycles. The SMILES string of the molecule is Cc1ccc(C(=O)/C(=N/N)c2cccc(OP(O)(O)=S)c2)cc1. The number of hydrogen-bond donors (Lipinski definition) is 3. The fourth-order valence-electron chi connectivity index (χ4n) is 1.94. The maximum atomic E-state index is 12.5. The van der Waals surface area contributed by atoms with E-state index in [1.54, 1.807) is 24.3 Å². The molecule has 0 atom stereocenters. The van der Waals surface area contributed by atoms with Gasteiger partial charge in [0.25, 0.3) is 0 Å². The number of carbonyl (C=O) groups excluding carboxylic acids is 1. The Hall–Kier alpha value is -2.05. The fourth-order valence-corrected chi connectivity index (χ4v) is 2.59. The van der Waals surface area contributed by atoms with Gasteiger partial charge in [-0.3, -0.25) is 4.79 Å². The molecular weight excluding hydrogens is 335 g/mol. The predicted octanol–water partition coefficient (Wildman–Crippen LogP) is 2.13. The van der Waals surface area contributed by atoms with E-state index >= 15 is 0 Å². The molecule has 2 aromatic carbocycles. The van der Waals surface area contributed by atoms with Crippen molar-refractivity contribution >= 4 is 30.0 Å². The van der Waals surface area contributed by atoms with Crippen molar-refractivity contribution in [3.63, 3.8) is 0 Å². The summed E-state index contributed by atoms with van der Waals surface area (Å²) in [6, 6.07) is 13.1. The number of benzene rings is 2. The van der Waals surface area contributed by atoms with Gasteiger partial charge in [-0.05, 0) is 19.1 Å². The summed E-state index contributed by atoms with van der Waals surface area (Å²) in [5.41, 5.74) is 1.89.